The van der Waals surface area contributed by atoms with Crippen LogP contribution in [0.15, 0.2) is 24.4 Å². The Morgan fingerprint density at radius 2 is 2.19 bits per heavy atom. The first kappa shape index (κ1) is 18.8. The van der Waals surface area contributed by atoms with Crippen LogP contribution in [0.4, 0.5) is 13.2 Å². The first-order valence-corrected chi connectivity index (χ1v) is 8.47. The highest BCUT2D eigenvalue weighted by Crippen LogP contribution is 2.33. The van der Waals surface area contributed by atoms with Gasteiger partial charge in [0.15, 0.2) is 6.29 Å². The van der Waals surface area contributed by atoms with Crippen molar-refractivity contribution in [2.45, 2.75) is 44.9 Å². The van der Waals surface area contributed by atoms with Gasteiger partial charge in [0.25, 0.3) is 0 Å². The van der Waals surface area contributed by atoms with Crippen molar-refractivity contribution in [1.29, 1.82) is 0 Å². The summed E-state index contributed by atoms with van der Waals surface area (Å²) in [6.07, 6.45) is -0.219. The number of nitrogens with one attached hydrogen (secondary N) is 1. The average molecular weight is 370 g/mol. The lowest BCUT2D eigenvalue weighted by Crippen LogP contribution is -2.22. The molecular formula is C17H21F3N4O2. The highest BCUT2D eigenvalue weighted by molar-refractivity contribution is 5.41. The average Bonchev–Trinajstić information content (AvgIpc) is 3.09. The molecule has 26 heavy (non-hydrogen) atoms. The van der Waals surface area contributed by atoms with Gasteiger partial charge in [-0.25, -0.2) is 4.68 Å². The maximum absolute atomic E-state index is 13.3. The van der Waals surface area contributed by atoms with Gasteiger partial charge in [-0.15, -0.1) is 5.10 Å². The lowest BCUT2D eigenvalue weighted by Gasteiger charge is -2.22. The van der Waals surface area contributed by atoms with E-state index in [4.69, 9.17) is 9.47 Å². The Bertz CT molecular complexity index is 727. The molecule has 1 aromatic heterocycles. The van der Waals surface area contributed by atoms with Gasteiger partial charge in [-0.05, 0) is 44.0 Å². The molecule has 0 saturated carbocycles. The molecule has 0 radical (unpaired) electrons. The molecule has 9 heteroatoms. The van der Waals surface area contributed by atoms with E-state index in [2.05, 4.69) is 15.6 Å². The Morgan fingerprint density at radius 3 is 2.88 bits per heavy atom. The number of hydrogen-bond donors (Lipinski definition) is 1. The van der Waals surface area contributed by atoms with Gasteiger partial charge < -0.3 is 14.8 Å². The fraction of sp³-hybridized carbons (Fsp3) is 0.529. The summed E-state index contributed by atoms with van der Waals surface area (Å²) in [5.74, 6) is 0. The molecule has 1 aromatic carbocycles. The number of ether oxygens (including phenoxy) is 2. The van der Waals surface area contributed by atoms with Gasteiger partial charge in [0.1, 0.15) is 5.69 Å². The van der Waals surface area contributed by atoms with Crippen LogP contribution in [0.2, 0.25) is 0 Å². The van der Waals surface area contributed by atoms with Crippen LogP contribution in [-0.2, 0) is 28.8 Å². The molecular weight excluding hydrogens is 349 g/mol. The van der Waals surface area contributed by atoms with E-state index < -0.39 is 11.7 Å². The molecule has 2 aromatic rings. The molecule has 0 bridgehead atoms. The van der Waals surface area contributed by atoms with Crippen molar-refractivity contribution in [1.82, 2.24) is 20.3 Å². The lowest BCUT2D eigenvalue weighted by atomic mass is 10.1. The first-order chi connectivity index (χ1) is 12.5. The first-order valence-electron chi connectivity index (χ1n) is 8.47. The molecule has 2 heterocycles. The molecule has 0 spiro atoms. The molecule has 1 aliphatic rings. The zero-order chi connectivity index (χ0) is 18.6. The number of nitrogens with zero attached hydrogens (tertiary/aromatic N) is 3. The number of benzene rings is 1. The molecule has 0 aliphatic carbocycles. The van der Waals surface area contributed by atoms with E-state index in [0.717, 1.165) is 25.3 Å². The molecule has 1 aliphatic heterocycles. The van der Waals surface area contributed by atoms with Crippen molar-refractivity contribution in [3.63, 3.8) is 0 Å². The Morgan fingerprint density at radius 1 is 1.35 bits per heavy atom. The zero-order valence-corrected chi connectivity index (χ0v) is 14.4. The van der Waals surface area contributed by atoms with E-state index in [1.165, 1.54) is 10.7 Å². The smallest absolute Gasteiger partial charge is 0.353 e. The van der Waals surface area contributed by atoms with Crippen molar-refractivity contribution in [2.24, 2.45) is 0 Å². The van der Waals surface area contributed by atoms with Crippen molar-refractivity contribution >= 4 is 0 Å². The van der Waals surface area contributed by atoms with Crippen LogP contribution in [0.5, 0.6) is 0 Å². The van der Waals surface area contributed by atoms with Crippen LogP contribution in [0.3, 0.4) is 0 Å². The van der Waals surface area contributed by atoms with E-state index in [-0.39, 0.29) is 25.0 Å². The number of halogens is 3. The van der Waals surface area contributed by atoms with E-state index >= 15 is 0 Å². The molecule has 1 N–H and O–H groups in total. The quantitative estimate of drug-likeness (QED) is 0.847. The Hall–Kier alpha value is -1.97. The standard InChI is InChI=1S/C17H21F3N4O2/c1-21-9-12-5-6-14(8-15(12)17(18,19)20)24-10-13(22-23-24)11-26-16-4-2-3-7-25-16/h5-6,8,10,16,21H,2-4,7,9,11H2,1H3. The maximum Gasteiger partial charge on any atom is 0.416 e. The van der Waals surface area contributed by atoms with Crippen LogP contribution >= 0.6 is 0 Å². The van der Waals surface area contributed by atoms with Gasteiger partial charge in [-0.2, -0.15) is 13.2 Å². The third kappa shape index (κ3) is 4.60. The predicted molar refractivity (Wildman–Crippen MR) is 87.5 cm³/mol. The number of rotatable bonds is 6. The minimum atomic E-state index is -4.44. The van der Waals surface area contributed by atoms with Gasteiger partial charge in [0.05, 0.1) is 24.1 Å². The third-order valence-electron chi connectivity index (χ3n) is 4.13. The topological polar surface area (TPSA) is 61.2 Å². The second-order valence-corrected chi connectivity index (χ2v) is 6.13. The molecule has 1 fully saturated rings. The molecule has 1 unspecified atom stereocenters. The van der Waals surface area contributed by atoms with Gasteiger partial charge in [-0.1, -0.05) is 11.3 Å². The third-order valence-corrected chi connectivity index (χ3v) is 4.13. The molecule has 0 amide bonds. The van der Waals surface area contributed by atoms with Crippen molar-refractivity contribution in [3.8, 4) is 5.69 Å². The number of aromatic nitrogens is 3. The predicted octanol–water partition coefficient (Wildman–Crippen LogP) is 3.05. The summed E-state index contributed by atoms with van der Waals surface area (Å²) in [4.78, 5) is 0. The number of hydrogen-bond acceptors (Lipinski definition) is 5. The van der Waals surface area contributed by atoms with Crippen LogP contribution in [-0.4, -0.2) is 34.9 Å². The molecule has 1 saturated heterocycles. The second-order valence-electron chi connectivity index (χ2n) is 6.13. The Kier molecular flexibility index (Phi) is 5.90. The molecule has 6 nitrogen and oxygen atoms in total. The van der Waals surface area contributed by atoms with Crippen molar-refractivity contribution in [3.05, 3.63) is 41.2 Å². The van der Waals surface area contributed by atoms with Crippen LogP contribution in [0.1, 0.15) is 36.1 Å². The normalized spacial score (nSPS) is 18.2. The van der Waals surface area contributed by atoms with Crippen molar-refractivity contribution < 1.29 is 22.6 Å². The fourth-order valence-electron chi connectivity index (χ4n) is 2.83. The summed E-state index contributed by atoms with van der Waals surface area (Å²) < 4.78 is 52.3. The highest BCUT2D eigenvalue weighted by atomic mass is 19.4. The summed E-state index contributed by atoms with van der Waals surface area (Å²) in [6.45, 7) is 1.01. The molecule has 142 valence electrons. The Balaban J connectivity index is 1.73. The summed E-state index contributed by atoms with van der Waals surface area (Å²) in [6, 6.07) is 4.12. The maximum atomic E-state index is 13.3. The minimum Gasteiger partial charge on any atom is -0.353 e. The molecule has 1 atom stereocenters. The summed E-state index contributed by atoms with van der Waals surface area (Å²) in [7, 11) is 1.60. The number of alkyl halides is 3. The minimum absolute atomic E-state index is 0.132. The molecule has 3 rings (SSSR count). The highest BCUT2D eigenvalue weighted by Gasteiger charge is 2.33. The van der Waals surface area contributed by atoms with Gasteiger partial charge in [0.2, 0.25) is 0 Å². The monoisotopic (exact) mass is 370 g/mol. The Labute approximate surface area is 149 Å². The zero-order valence-electron chi connectivity index (χ0n) is 14.4. The van der Waals surface area contributed by atoms with Crippen LogP contribution in [0, 0.1) is 0 Å². The van der Waals surface area contributed by atoms with Gasteiger partial charge in [-0.3, -0.25) is 0 Å². The van der Waals surface area contributed by atoms with E-state index in [0.29, 0.717) is 18.0 Å². The van der Waals surface area contributed by atoms with Gasteiger partial charge >= 0.3 is 6.18 Å². The lowest BCUT2D eigenvalue weighted by molar-refractivity contribution is -0.169. The van der Waals surface area contributed by atoms with E-state index in [9.17, 15) is 13.2 Å². The van der Waals surface area contributed by atoms with E-state index in [1.807, 2.05) is 0 Å². The van der Waals surface area contributed by atoms with Crippen LogP contribution < -0.4 is 5.32 Å². The van der Waals surface area contributed by atoms with Crippen molar-refractivity contribution in [2.75, 3.05) is 13.7 Å². The van der Waals surface area contributed by atoms with Gasteiger partial charge in [0, 0.05) is 13.2 Å². The summed E-state index contributed by atoms with van der Waals surface area (Å²) >= 11 is 0. The van der Waals surface area contributed by atoms with E-state index in [1.54, 1.807) is 19.3 Å². The largest absolute Gasteiger partial charge is 0.416 e. The van der Waals surface area contributed by atoms with Crippen LogP contribution in [0.25, 0.3) is 5.69 Å². The second kappa shape index (κ2) is 8.15. The fourth-order valence-corrected chi connectivity index (χ4v) is 2.83. The summed E-state index contributed by atoms with van der Waals surface area (Å²) in [5, 5.41) is 10.6. The summed E-state index contributed by atoms with van der Waals surface area (Å²) in [5.41, 5.74) is 0.326. The SMILES string of the molecule is CNCc1ccc(-n2cc(COC3CCCCO3)nn2)cc1C(F)(F)F.